The molecule has 8 heteroatoms. The van der Waals surface area contributed by atoms with Gasteiger partial charge in [-0.1, -0.05) is 30.3 Å². The van der Waals surface area contributed by atoms with Crippen molar-refractivity contribution < 1.29 is 14.4 Å². The van der Waals surface area contributed by atoms with Crippen LogP contribution in [0.15, 0.2) is 53.3 Å². The first kappa shape index (κ1) is 16.1. The Morgan fingerprint density at radius 1 is 1.25 bits per heavy atom. The Morgan fingerprint density at radius 2 is 1.96 bits per heavy atom. The van der Waals surface area contributed by atoms with Crippen molar-refractivity contribution in [3.8, 4) is 0 Å². The maximum absolute atomic E-state index is 12.7. The minimum atomic E-state index is -1.23. The first-order valence-electron chi connectivity index (χ1n) is 7.05. The van der Waals surface area contributed by atoms with Crippen LogP contribution in [0.3, 0.4) is 0 Å². The molecule has 1 fully saturated rings. The van der Waals surface area contributed by atoms with Crippen LogP contribution < -0.4 is 10.7 Å². The number of rotatable bonds is 3. The molecule has 1 aromatic carbocycles. The van der Waals surface area contributed by atoms with Crippen molar-refractivity contribution in [2.45, 2.75) is 12.5 Å². The summed E-state index contributed by atoms with van der Waals surface area (Å²) in [5.41, 5.74) is 1.93. The van der Waals surface area contributed by atoms with Crippen LogP contribution in [0.4, 0.5) is 4.79 Å². The number of hydrogen-bond donors (Lipinski definition) is 2. The van der Waals surface area contributed by atoms with Crippen LogP contribution in [-0.4, -0.2) is 27.8 Å². The molecule has 1 atom stereocenters. The van der Waals surface area contributed by atoms with Crippen LogP contribution in [0.5, 0.6) is 0 Å². The highest BCUT2D eigenvalue weighted by atomic mass is 79.9. The quantitative estimate of drug-likeness (QED) is 0.786. The maximum Gasteiger partial charge on any atom is 0.344 e. The number of benzene rings is 1. The molecule has 1 aromatic heterocycles. The van der Waals surface area contributed by atoms with Crippen molar-refractivity contribution in [3.63, 3.8) is 0 Å². The van der Waals surface area contributed by atoms with E-state index in [9.17, 15) is 14.4 Å². The predicted molar refractivity (Wildman–Crippen MR) is 88.6 cm³/mol. The molecule has 0 aliphatic carbocycles. The van der Waals surface area contributed by atoms with Crippen LogP contribution in [0.25, 0.3) is 0 Å². The zero-order valence-corrected chi connectivity index (χ0v) is 14.2. The van der Waals surface area contributed by atoms with Gasteiger partial charge in [0, 0.05) is 16.9 Å². The second-order valence-electron chi connectivity index (χ2n) is 5.39. The van der Waals surface area contributed by atoms with Crippen molar-refractivity contribution in [1.82, 2.24) is 20.7 Å². The molecule has 3 rings (SSSR count). The second-order valence-corrected chi connectivity index (χ2v) is 6.31. The molecular formula is C16H13BrN4O3. The number of imide groups is 1. The monoisotopic (exact) mass is 388 g/mol. The van der Waals surface area contributed by atoms with E-state index in [1.165, 1.54) is 18.5 Å². The second kappa shape index (κ2) is 6.04. The Balaban J connectivity index is 1.84. The largest absolute Gasteiger partial charge is 0.344 e. The lowest BCUT2D eigenvalue weighted by Gasteiger charge is -2.22. The Bertz CT molecular complexity index is 827. The van der Waals surface area contributed by atoms with Gasteiger partial charge in [0.2, 0.25) is 0 Å². The molecule has 0 bridgehead atoms. The molecule has 2 heterocycles. The minimum absolute atomic E-state index is 0.221. The van der Waals surface area contributed by atoms with Crippen molar-refractivity contribution >= 4 is 33.8 Å². The zero-order chi connectivity index (χ0) is 17.3. The number of carbonyl (C=O) groups excluding carboxylic acids is 3. The van der Waals surface area contributed by atoms with E-state index >= 15 is 0 Å². The van der Waals surface area contributed by atoms with Gasteiger partial charge in [-0.3, -0.25) is 20.0 Å². The lowest BCUT2D eigenvalue weighted by molar-refractivity contribution is -0.132. The van der Waals surface area contributed by atoms with Gasteiger partial charge < -0.3 is 5.32 Å². The summed E-state index contributed by atoms with van der Waals surface area (Å²) < 4.78 is 0.612. The first-order chi connectivity index (χ1) is 11.4. The molecule has 24 heavy (non-hydrogen) atoms. The number of urea groups is 1. The van der Waals surface area contributed by atoms with E-state index in [0.717, 1.165) is 0 Å². The van der Waals surface area contributed by atoms with E-state index < -0.39 is 23.4 Å². The third kappa shape index (κ3) is 2.76. The van der Waals surface area contributed by atoms with Crippen molar-refractivity contribution in [2.75, 3.05) is 0 Å². The number of nitrogens with zero attached hydrogens (tertiary/aromatic N) is 2. The molecule has 2 N–H and O–H groups in total. The topological polar surface area (TPSA) is 91.4 Å². The predicted octanol–water partition coefficient (Wildman–Crippen LogP) is 1.96. The van der Waals surface area contributed by atoms with Gasteiger partial charge in [-0.05, 0) is 34.5 Å². The van der Waals surface area contributed by atoms with E-state index in [1.54, 1.807) is 31.2 Å². The first-order valence-corrected chi connectivity index (χ1v) is 7.85. The minimum Gasteiger partial charge on any atom is -0.318 e. The van der Waals surface area contributed by atoms with E-state index in [4.69, 9.17) is 0 Å². The van der Waals surface area contributed by atoms with Crippen LogP contribution in [0, 0.1) is 0 Å². The Labute approximate surface area is 146 Å². The highest BCUT2D eigenvalue weighted by Crippen LogP contribution is 2.27. The average Bonchev–Trinajstić information content (AvgIpc) is 2.80. The van der Waals surface area contributed by atoms with Crippen LogP contribution in [0.1, 0.15) is 22.8 Å². The third-order valence-electron chi connectivity index (χ3n) is 3.72. The van der Waals surface area contributed by atoms with E-state index in [1.807, 2.05) is 6.07 Å². The van der Waals surface area contributed by atoms with Crippen LogP contribution in [0.2, 0.25) is 0 Å². The molecule has 0 unspecified atom stereocenters. The van der Waals surface area contributed by atoms with Gasteiger partial charge in [0.1, 0.15) is 5.54 Å². The number of halogens is 1. The van der Waals surface area contributed by atoms with Gasteiger partial charge >= 0.3 is 6.03 Å². The highest BCUT2D eigenvalue weighted by Gasteiger charge is 2.50. The lowest BCUT2D eigenvalue weighted by Crippen LogP contribution is -2.47. The standard InChI is InChI=1S/C16H13BrN4O3/c1-16(11-5-3-2-4-6-11)14(23)21(15(24)19-16)20-13(22)10-7-12(17)9-18-8-10/h2-9H,1H3,(H,19,24)(H,20,22)/t16-/m0/s1. The lowest BCUT2D eigenvalue weighted by atomic mass is 9.92. The molecule has 1 aliphatic heterocycles. The third-order valence-corrected chi connectivity index (χ3v) is 4.16. The average molecular weight is 389 g/mol. The smallest absolute Gasteiger partial charge is 0.318 e. The summed E-state index contributed by atoms with van der Waals surface area (Å²) in [4.78, 5) is 41.0. The number of carbonyl (C=O) groups is 3. The van der Waals surface area contributed by atoms with E-state index in [-0.39, 0.29) is 5.56 Å². The molecule has 2 aromatic rings. The van der Waals surface area contributed by atoms with Gasteiger partial charge in [-0.25, -0.2) is 4.79 Å². The number of nitrogens with one attached hydrogen (secondary N) is 2. The summed E-state index contributed by atoms with van der Waals surface area (Å²) in [6, 6.07) is 9.68. The van der Waals surface area contributed by atoms with Gasteiger partial charge in [0.05, 0.1) is 5.56 Å². The number of amides is 4. The molecule has 1 saturated heterocycles. The SMILES string of the molecule is C[C@@]1(c2ccccc2)NC(=O)N(NC(=O)c2cncc(Br)c2)C1=O. The van der Waals surface area contributed by atoms with E-state index in [2.05, 4.69) is 31.7 Å². The number of hydrogen-bond acceptors (Lipinski definition) is 4. The Kier molecular flexibility index (Phi) is 4.06. The summed E-state index contributed by atoms with van der Waals surface area (Å²) in [5.74, 6) is -1.17. The Hall–Kier alpha value is -2.74. The fourth-order valence-corrected chi connectivity index (χ4v) is 2.77. The highest BCUT2D eigenvalue weighted by molar-refractivity contribution is 9.10. The molecule has 0 spiro atoms. The van der Waals surface area contributed by atoms with Gasteiger partial charge in [0.15, 0.2) is 0 Å². The maximum atomic E-state index is 12.7. The summed E-state index contributed by atoms with van der Waals surface area (Å²) >= 11 is 3.21. The zero-order valence-electron chi connectivity index (χ0n) is 12.6. The molecular weight excluding hydrogens is 376 g/mol. The fourth-order valence-electron chi connectivity index (χ4n) is 2.41. The van der Waals surface area contributed by atoms with Gasteiger partial charge in [0.25, 0.3) is 11.8 Å². The molecule has 0 saturated carbocycles. The van der Waals surface area contributed by atoms with Gasteiger partial charge in [-0.15, -0.1) is 0 Å². The Morgan fingerprint density at radius 3 is 2.62 bits per heavy atom. The molecule has 1 aliphatic rings. The summed E-state index contributed by atoms with van der Waals surface area (Å²) in [6.45, 7) is 1.59. The van der Waals surface area contributed by atoms with Crippen LogP contribution >= 0.6 is 15.9 Å². The van der Waals surface area contributed by atoms with Gasteiger partial charge in [-0.2, -0.15) is 5.01 Å². The number of pyridine rings is 1. The summed E-state index contributed by atoms with van der Waals surface area (Å²) in [5, 5.41) is 3.30. The summed E-state index contributed by atoms with van der Waals surface area (Å²) in [7, 11) is 0. The summed E-state index contributed by atoms with van der Waals surface area (Å²) in [6.07, 6.45) is 2.87. The van der Waals surface area contributed by atoms with E-state index in [0.29, 0.717) is 15.0 Å². The van der Waals surface area contributed by atoms with Crippen molar-refractivity contribution in [1.29, 1.82) is 0 Å². The molecule has 0 radical (unpaired) electrons. The van der Waals surface area contributed by atoms with Crippen LogP contribution in [-0.2, 0) is 10.3 Å². The van der Waals surface area contributed by atoms with Crippen molar-refractivity contribution in [2.24, 2.45) is 0 Å². The normalized spacial score (nSPS) is 20.0. The number of hydrazine groups is 1. The number of aromatic nitrogens is 1. The molecule has 122 valence electrons. The molecule has 7 nitrogen and oxygen atoms in total. The van der Waals surface area contributed by atoms with Crippen molar-refractivity contribution in [3.05, 3.63) is 64.4 Å². The fraction of sp³-hybridized carbons (Fsp3) is 0.125. The molecule has 4 amide bonds.